The fraction of sp³-hybridized carbons (Fsp3) is 0.167. The van der Waals surface area contributed by atoms with Gasteiger partial charge in [0.15, 0.2) is 11.6 Å². The standard InChI is InChI=1S/C12H11FN2O2/c1-17-11-3-2-9(6-10(11)13)7-15-8-14-5-4-12(15)16/h2-6,8H,7H2,1H3. The van der Waals surface area contributed by atoms with E-state index in [4.69, 9.17) is 4.74 Å². The molecule has 17 heavy (non-hydrogen) atoms. The molecule has 0 aliphatic rings. The Balaban J connectivity index is 2.28. The zero-order chi connectivity index (χ0) is 12.3. The van der Waals surface area contributed by atoms with Crippen LogP contribution >= 0.6 is 0 Å². The van der Waals surface area contributed by atoms with Crippen LogP contribution in [0.25, 0.3) is 0 Å². The van der Waals surface area contributed by atoms with Gasteiger partial charge in [0.05, 0.1) is 20.0 Å². The molecular formula is C12H11FN2O2. The van der Waals surface area contributed by atoms with E-state index in [-0.39, 0.29) is 17.9 Å². The third-order valence-electron chi connectivity index (χ3n) is 2.36. The molecule has 88 valence electrons. The highest BCUT2D eigenvalue weighted by Crippen LogP contribution is 2.17. The first-order valence-electron chi connectivity index (χ1n) is 5.03. The number of nitrogens with zero attached hydrogens (tertiary/aromatic N) is 2. The molecule has 0 spiro atoms. The van der Waals surface area contributed by atoms with Gasteiger partial charge in [-0.3, -0.25) is 9.36 Å². The van der Waals surface area contributed by atoms with Crippen LogP contribution in [0.5, 0.6) is 5.75 Å². The van der Waals surface area contributed by atoms with E-state index in [1.165, 1.54) is 42.4 Å². The van der Waals surface area contributed by atoms with Gasteiger partial charge >= 0.3 is 0 Å². The zero-order valence-corrected chi connectivity index (χ0v) is 9.26. The molecule has 0 radical (unpaired) electrons. The Morgan fingerprint density at radius 2 is 2.24 bits per heavy atom. The molecule has 2 rings (SSSR count). The van der Waals surface area contributed by atoms with Gasteiger partial charge in [0, 0.05) is 12.3 Å². The largest absolute Gasteiger partial charge is 0.494 e. The molecule has 0 unspecified atom stereocenters. The second-order valence-electron chi connectivity index (χ2n) is 3.52. The molecule has 1 aromatic heterocycles. The summed E-state index contributed by atoms with van der Waals surface area (Å²) in [6.45, 7) is 0.285. The quantitative estimate of drug-likeness (QED) is 0.807. The number of hydrogen-bond acceptors (Lipinski definition) is 3. The number of benzene rings is 1. The van der Waals surface area contributed by atoms with Gasteiger partial charge in [-0.2, -0.15) is 0 Å². The first-order chi connectivity index (χ1) is 8.20. The average molecular weight is 234 g/mol. The lowest BCUT2D eigenvalue weighted by Crippen LogP contribution is -2.19. The highest BCUT2D eigenvalue weighted by atomic mass is 19.1. The molecule has 1 heterocycles. The molecule has 1 aromatic carbocycles. The van der Waals surface area contributed by atoms with E-state index in [2.05, 4.69) is 4.98 Å². The summed E-state index contributed by atoms with van der Waals surface area (Å²) in [6.07, 6.45) is 2.85. The van der Waals surface area contributed by atoms with Crippen LogP contribution < -0.4 is 10.3 Å². The lowest BCUT2D eigenvalue weighted by atomic mass is 10.2. The van der Waals surface area contributed by atoms with Gasteiger partial charge in [0.2, 0.25) is 0 Å². The van der Waals surface area contributed by atoms with Crippen LogP contribution in [0.1, 0.15) is 5.56 Å². The molecule has 2 aromatic rings. The summed E-state index contributed by atoms with van der Waals surface area (Å²) < 4.78 is 19.6. The van der Waals surface area contributed by atoms with Crippen molar-refractivity contribution in [1.29, 1.82) is 0 Å². The number of rotatable bonds is 3. The van der Waals surface area contributed by atoms with Crippen molar-refractivity contribution in [3.8, 4) is 5.75 Å². The molecule has 4 nitrogen and oxygen atoms in total. The minimum Gasteiger partial charge on any atom is -0.494 e. The van der Waals surface area contributed by atoms with Crippen molar-refractivity contribution in [2.45, 2.75) is 6.54 Å². The van der Waals surface area contributed by atoms with Crippen LogP contribution in [-0.2, 0) is 6.54 Å². The Morgan fingerprint density at radius 3 is 2.88 bits per heavy atom. The molecule has 0 bridgehead atoms. The van der Waals surface area contributed by atoms with Gasteiger partial charge in [-0.1, -0.05) is 6.07 Å². The third-order valence-corrected chi connectivity index (χ3v) is 2.36. The Morgan fingerprint density at radius 1 is 1.41 bits per heavy atom. The smallest absolute Gasteiger partial charge is 0.253 e. The second-order valence-corrected chi connectivity index (χ2v) is 3.52. The number of hydrogen-bond donors (Lipinski definition) is 0. The van der Waals surface area contributed by atoms with Crippen LogP contribution in [0, 0.1) is 5.82 Å². The monoisotopic (exact) mass is 234 g/mol. The van der Waals surface area contributed by atoms with Crippen molar-refractivity contribution < 1.29 is 9.13 Å². The van der Waals surface area contributed by atoms with Crippen LogP contribution in [0.3, 0.4) is 0 Å². The maximum atomic E-state index is 13.4. The first kappa shape index (κ1) is 11.3. The van der Waals surface area contributed by atoms with Crippen LogP contribution in [0.4, 0.5) is 4.39 Å². The van der Waals surface area contributed by atoms with E-state index in [1.54, 1.807) is 6.07 Å². The number of methoxy groups -OCH3 is 1. The van der Waals surface area contributed by atoms with Crippen molar-refractivity contribution in [2.75, 3.05) is 7.11 Å². The van der Waals surface area contributed by atoms with Gasteiger partial charge in [0.1, 0.15) is 0 Å². The van der Waals surface area contributed by atoms with Crippen LogP contribution in [-0.4, -0.2) is 16.7 Å². The minimum absolute atomic E-state index is 0.170. The molecule has 5 heteroatoms. The summed E-state index contributed by atoms with van der Waals surface area (Å²) in [5, 5.41) is 0. The molecule has 0 aliphatic heterocycles. The van der Waals surface area contributed by atoms with Crippen LogP contribution in [0.15, 0.2) is 41.6 Å². The van der Waals surface area contributed by atoms with Gasteiger partial charge in [0.25, 0.3) is 5.56 Å². The number of halogens is 1. The predicted molar refractivity (Wildman–Crippen MR) is 60.6 cm³/mol. The normalized spacial score (nSPS) is 10.2. The molecule has 0 aliphatic carbocycles. The maximum absolute atomic E-state index is 13.4. The molecule has 0 saturated carbocycles. The molecular weight excluding hydrogens is 223 g/mol. The van der Waals surface area contributed by atoms with E-state index in [1.807, 2.05) is 0 Å². The van der Waals surface area contributed by atoms with Crippen molar-refractivity contribution in [3.63, 3.8) is 0 Å². The van der Waals surface area contributed by atoms with Gasteiger partial charge in [-0.05, 0) is 17.7 Å². The Hall–Kier alpha value is -2.17. The molecule has 0 atom stereocenters. The Kier molecular flexibility index (Phi) is 3.18. The second kappa shape index (κ2) is 4.78. The first-order valence-corrected chi connectivity index (χ1v) is 5.03. The van der Waals surface area contributed by atoms with E-state index in [0.29, 0.717) is 5.56 Å². The summed E-state index contributed by atoms with van der Waals surface area (Å²) in [7, 11) is 1.41. The fourth-order valence-corrected chi connectivity index (χ4v) is 1.50. The molecule has 0 amide bonds. The average Bonchev–Trinajstić information content (AvgIpc) is 2.32. The summed E-state index contributed by atoms with van der Waals surface area (Å²) in [4.78, 5) is 15.3. The topological polar surface area (TPSA) is 44.1 Å². The Bertz CT molecular complexity index is 581. The predicted octanol–water partition coefficient (Wildman–Crippen LogP) is 1.44. The molecule has 0 fully saturated rings. The number of aromatic nitrogens is 2. The highest BCUT2D eigenvalue weighted by molar-refractivity contribution is 5.29. The number of ether oxygens (including phenoxy) is 1. The summed E-state index contributed by atoms with van der Waals surface area (Å²) in [5.41, 5.74) is 0.509. The maximum Gasteiger partial charge on any atom is 0.253 e. The van der Waals surface area contributed by atoms with E-state index in [9.17, 15) is 9.18 Å². The zero-order valence-electron chi connectivity index (χ0n) is 9.26. The summed E-state index contributed by atoms with van der Waals surface area (Å²) in [6, 6.07) is 5.95. The molecule has 0 N–H and O–H groups in total. The lowest BCUT2D eigenvalue weighted by Gasteiger charge is -2.06. The van der Waals surface area contributed by atoms with E-state index in [0.717, 1.165) is 0 Å². The van der Waals surface area contributed by atoms with E-state index < -0.39 is 5.82 Å². The SMILES string of the molecule is COc1ccc(Cn2cnccc2=O)cc1F. The van der Waals surface area contributed by atoms with Gasteiger partial charge in [-0.15, -0.1) is 0 Å². The summed E-state index contributed by atoms with van der Waals surface area (Å²) >= 11 is 0. The third kappa shape index (κ3) is 2.50. The van der Waals surface area contributed by atoms with Gasteiger partial charge in [-0.25, -0.2) is 9.37 Å². The van der Waals surface area contributed by atoms with Gasteiger partial charge < -0.3 is 4.74 Å². The molecule has 0 saturated heterocycles. The van der Waals surface area contributed by atoms with Crippen molar-refractivity contribution in [2.24, 2.45) is 0 Å². The summed E-state index contributed by atoms with van der Waals surface area (Å²) in [5.74, 6) is -0.255. The van der Waals surface area contributed by atoms with E-state index >= 15 is 0 Å². The Labute approximate surface area is 97.3 Å². The fourth-order valence-electron chi connectivity index (χ4n) is 1.50. The van der Waals surface area contributed by atoms with Crippen molar-refractivity contribution in [3.05, 3.63) is 58.5 Å². The lowest BCUT2D eigenvalue weighted by molar-refractivity contribution is 0.386. The minimum atomic E-state index is -0.443. The van der Waals surface area contributed by atoms with Crippen LogP contribution in [0.2, 0.25) is 0 Å². The van der Waals surface area contributed by atoms with Crippen molar-refractivity contribution in [1.82, 2.24) is 9.55 Å². The highest BCUT2D eigenvalue weighted by Gasteiger charge is 2.04. The van der Waals surface area contributed by atoms with Crippen molar-refractivity contribution >= 4 is 0 Å².